The van der Waals surface area contributed by atoms with Gasteiger partial charge in [-0.15, -0.1) is 0 Å². The first-order valence-corrected chi connectivity index (χ1v) is 5.87. The molecule has 2 aromatic heterocycles. The average Bonchev–Trinajstić information content (AvgIpc) is 2.82. The van der Waals surface area contributed by atoms with Gasteiger partial charge in [-0.1, -0.05) is 13.3 Å². The zero-order chi connectivity index (χ0) is 11.9. The molecule has 0 aliphatic heterocycles. The minimum absolute atomic E-state index is 0.675. The van der Waals surface area contributed by atoms with E-state index in [1.54, 1.807) is 6.33 Å². The van der Waals surface area contributed by atoms with Crippen LogP contribution in [-0.2, 0) is 4.74 Å². The van der Waals surface area contributed by atoms with E-state index in [0.29, 0.717) is 12.3 Å². The number of fused-ring (bicyclic) bond motifs is 1. The van der Waals surface area contributed by atoms with Crippen molar-refractivity contribution in [3.8, 4) is 0 Å². The second-order valence-electron chi connectivity index (χ2n) is 3.72. The Morgan fingerprint density at radius 3 is 3.12 bits per heavy atom. The van der Waals surface area contributed by atoms with Gasteiger partial charge in [0.25, 0.3) is 0 Å². The summed E-state index contributed by atoms with van der Waals surface area (Å²) in [6.07, 6.45) is 5.39. The van der Waals surface area contributed by atoms with Crippen LogP contribution in [0.25, 0.3) is 11.2 Å². The van der Waals surface area contributed by atoms with Gasteiger partial charge in [-0.3, -0.25) is 0 Å². The third-order valence-corrected chi connectivity index (χ3v) is 2.40. The van der Waals surface area contributed by atoms with E-state index in [9.17, 15) is 0 Å². The molecule has 2 aromatic rings. The summed E-state index contributed by atoms with van der Waals surface area (Å²) in [5.74, 6) is 0.770. The highest BCUT2D eigenvalue weighted by Crippen LogP contribution is 2.13. The van der Waals surface area contributed by atoms with Crippen molar-refractivity contribution in [1.29, 1.82) is 0 Å². The summed E-state index contributed by atoms with van der Waals surface area (Å²) < 4.78 is 5.46. The molecule has 92 valence electrons. The maximum Gasteiger partial charge on any atom is 0.182 e. The molecule has 0 spiro atoms. The first-order chi connectivity index (χ1) is 8.42. The summed E-state index contributed by atoms with van der Waals surface area (Å²) in [5.41, 5.74) is 1.51. The number of ether oxygens (including phenoxy) is 1. The first-order valence-electron chi connectivity index (χ1n) is 5.87. The number of H-pyrrole nitrogens is 1. The van der Waals surface area contributed by atoms with Crippen molar-refractivity contribution in [2.24, 2.45) is 0 Å². The van der Waals surface area contributed by atoms with E-state index >= 15 is 0 Å². The predicted molar refractivity (Wildman–Crippen MR) is 65.9 cm³/mol. The molecule has 2 N–H and O–H groups in total. The number of aromatic amines is 1. The normalized spacial score (nSPS) is 10.9. The standard InChI is InChI=1S/C11H17N5O/c1-2-3-5-17-6-4-12-10-9-11(14-7-13-9)16-8-15-10/h7-8H,2-6H2,1H3,(H2,12,13,14,15,16). The van der Waals surface area contributed by atoms with Crippen molar-refractivity contribution in [2.45, 2.75) is 19.8 Å². The molecule has 2 rings (SSSR count). The van der Waals surface area contributed by atoms with Crippen LogP contribution in [0, 0.1) is 0 Å². The van der Waals surface area contributed by atoms with Crippen LogP contribution in [-0.4, -0.2) is 39.7 Å². The third kappa shape index (κ3) is 3.13. The van der Waals surface area contributed by atoms with Crippen LogP contribution in [0.15, 0.2) is 12.7 Å². The summed E-state index contributed by atoms with van der Waals surface area (Å²) >= 11 is 0. The van der Waals surface area contributed by atoms with Crippen molar-refractivity contribution in [1.82, 2.24) is 19.9 Å². The topological polar surface area (TPSA) is 75.7 Å². The maximum atomic E-state index is 5.46. The maximum absolute atomic E-state index is 5.46. The van der Waals surface area contributed by atoms with Crippen LogP contribution in [0.4, 0.5) is 5.82 Å². The van der Waals surface area contributed by atoms with Crippen LogP contribution in [0.1, 0.15) is 19.8 Å². The minimum atomic E-state index is 0.675. The molecule has 0 aliphatic carbocycles. The molecule has 0 saturated carbocycles. The Morgan fingerprint density at radius 1 is 1.29 bits per heavy atom. The lowest BCUT2D eigenvalue weighted by Crippen LogP contribution is -2.11. The van der Waals surface area contributed by atoms with Gasteiger partial charge in [0.05, 0.1) is 12.9 Å². The van der Waals surface area contributed by atoms with E-state index in [1.807, 2.05) is 0 Å². The van der Waals surface area contributed by atoms with E-state index < -0.39 is 0 Å². The van der Waals surface area contributed by atoms with Crippen molar-refractivity contribution < 1.29 is 4.74 Å². The zero-order valence-corrected chi connectivity index (χ0v) is 9.94. The van der Waals surface area contributed by atoms with Crippen LogP contribution in [0.3, 0.4) is 0 Å². The molecule has 0 amide bonds. The molecule has 0 aromatic carbocycles. The van der Waals surface area contributed by atoms with Gasteiger partial charge in [-0.2, -0.15) is 0 Å². The lowest BCUT2D eigenvalue weighted by Gasteiger charge is -2.06. The minimum Gasteiger partial charge on any atom is -0.380 e. The fourth-order valence-electron chi connectivity index (χ4n) is 1.49. The number of nitrogens with zero attached hydrogens (tertiary/aromatic N) is 3. The number of anilines is 1. The highest BCUT2D eigenvalue weighted by atomic mass is 16.5. The van der Waals surface area contributed by atoms with Crippen molar-refractivity contribution >= 4 is 17.0 Å². The summed E-state index contributed by atoms with van der Waals surface area (Å²) in [6, 6.07) is 0. The first kappa shape index (κ1) is 11.8. The molecule has 0 radical (unpaired) electrons. The molecule has 0 atom stereocenters. The average molecular weight is 235 g/mol. The molecule has 6 nitrogen and oxygen atoms in total. The van der Waals surface area contributed by atoms with Crippen molar-refractivity contribution in [3.05, 3.63) is 12.7 Å². The SMILES string of the molecule is CCCCOCCNc1ncnc2nc[nH]c12. The highest BCUT2D eigenvalue weighted by molar-refractivity contribution is 5.81. The van der Waals surface area contributed by atoms with Gasteiger partial charge < -0.3 is 15.0 Å². The number of nitrogens with one attached hydrogen (secondary N) is 2. The van der Waals surface area contributed by atoms with Gasteiger partial charge in [-0.25, -0.2) is 15.0 Å². The van der Waals surface area contributed by atoms with Crippen LogP contribution in [0.2, 0.25) is 0 Å². The van der Waals surface area contributed by atoms with Crippen LogP contribution >= 0.6 is 0 Å². The van der Waals surface area contributed by atoms with Gasteiger partial charge in [0.2, 0.25) is 0 Å². The van der Waals surface area contributed by atoms with Crippen LogP contribution < -0.4 is 5.32 Å². The highest BCUT2D eigenvalue weighted by Gasteiger charge is 2.04. The number of aromatic nitrogens is 4. The smallest absolute Gasteiger partial charge is 0.182 e. The Labute approximate surface area is 99.8 Å². The molecule has 0 saturated heterocycles. The van der Waals surface area contributed by atoms with Gasteiger partial charge in [-0.05, 0) is 6.42 Å². The van der Waals surface area contributed by atoms with Gasteiger partial charge in [0, 0.05) is 13.2 Å². The number of hydrogen-bond acceptors (Lipinski definition) is 5. The molecule has 17 heavy (non-hydrogen) atoms. The van der Waals surface area contributed by atoms with Crippen LogP contribution in [0.5, 0.6) is 0 Å². The summed E-state index contributed by atoms with van der Waals surface area (Å²) in [4.78, 5) is 15.3. The quantitative estimate of drug-likeness (QED) is 0.713. The van der Waals surface area contributed by atoms with Gasteiger partial charge in [0.15, 0.2) is 11.5 Å². The molecule has 0 aliphatic rings. The van der Waals surface area contributed by atoms with E-state index in [4.69, 9.17) is 4.74 Å². The zero-order valence-electron chi connectivity index (χ0n) is 9.94. The predicted octanol–water partition coefficient (Wildman–Crippen LogP) is 1.58. The number of imidazole rings is 1. The summed E-state index contributed by atoms with van der Waals surface area (Å²) in [6.45, 7) is 4.38. The Hall–Kier alpha value is -1.69. The van der Waals surface area contributed by atoms with E-state index in [1.165, 1.54) is 6.33 Å². The van der Waals surface area contributed by atoms with Gasteiger partial charge in [0.1, 0.15) is 11.8 Å². The lowest BCUT2D eigenvalue weighted by molar-refractivity contribution is 0.141. The summed E-state index contributed by atoms with van der Waals surface area (Å²) in [7, 11) is 0. The number of unbranched alkanes of at least 4 members (excludes halogenated alkanes) is 1. The van der Waals surface area contributed by atoms with Gasteiger partial charge >= 0.3 is 0 Å². The summed E-state index contributed by atoms with van der Waals surface area (Å²) in [5, 5.41) is 3.20. The lowest BCUT2D eigenvalue weighted by atomic mass is 10.4. The van der Waals surface area contributed by atoms with Crippen molar-refractivity contribution in [3.63, 3.8) is 0 Å². The Bertz CT molecular complexity index is 456. The number of rotatable bonds is 7. The molecule has 2 heterocycles. The molecule has 0 bridgehead atoms. The third-order valence-electron chi connectivity index (χ3n) is 2.40. The largest absolute Gasteiger partial charge is 0.380 e. The van der Waals surface area contributed by atoms with E-state index in [2.05, 4.69) is 32.2 Å². The number of hydrogen-bond donors (Lipinski definition) is 2. The monoisotopic (exact) mass is 235 g/mol. The Morgan fingerprint density at radius 2 is 2.24 bits per heavy atom. The Balaban J connectivity index is 1.80. The Kier molecular flexibility index (Phi) is 4.26. The molecule has 0 unspecified atom stereocenters. The fraction of sp³-hybridized carbons (Fsp3) is 0.545. The molecule has 6 heteroatoms. The molecular formula is C11H17N5O. The van der Waals surface area contributed by atoms with E-state index in [0.717, 1.165) is 37.3 Å². The van der Waals surface area contributed by atoms with Crippen molar-refractivity contribution in [2.75, 3.05) is 25.1 Å². The molecule has 0 fully saturated rings. The second kappa shape index (κ2) is 6.15. The molecular weight excluding hydrogens is 218 g/mol. The fourth-order valence-corrected chi connectivity index (χ4v) is 1.49. The van der Waals surface area contributed by atoms with E-state index in [-0.39, 0.29) is 0 Å². The second-order valence-corrected chi connectivity index (χ2v) is 3.72.